The van der Waals surface area contributed by atoms with Gasteiger partial charge in [-0.3, -0.25) is 9.80 Å². The molecule has 5 nitrogen and oxygen atoms in total. The van der Waals surface area contributed by atoms with Gasteiger partial charge >= 0.3 is 6.09 Å². The number of fused-ring (bicyclic) bond motifs is 2. The van der Waals surface area contributed by atoms with Crippen LogP contribution in [0.25, 0.3) is 0 Å². The molecule has 0 unspecified atom stereocenters. The zero-order chi connectivity index (χ0) is 19.8. The number of aliphatic hydroxyl groups excluding tert-OH is 1. The smallest absolute Gasteiger partial charge is 0.410 e. The summed E-state index contributed by atoms with van der Waals surface area (Å²) >= 11 is 0. The molecule has 4 atom stereocenters. The molecule has 7 heteroatoms. The molecule has 0 radical (unpaired) electrons. The number of aliphatic hydroxyl groups is 1. The molecule has 0 aliphatic carbocycles. The van der Waals surface area contributed by atoms with Gasteiger partial charge in [0, 0.05) is 19.1 Å². The number of ether oxygens (including phenoxy) is 1. The summed E-state index contributed by atoms with van der Waals surface area (Å²) in [5.74, 6) is 0. The van der Waals surface area contributed by atoms with Crippen LogP contribution < -0.4 is 0 Å². The molecule has 0 spiro atoms. The molecular weight excluding hydrogens is 354 g/mol. The van der Waals surface area contributed by atoms with Gasteiger partial charge in [-0.1, -0.05) is 30.3 Å². The molecule has 2 bridgehead atoms. The number of benzene rings is 1. The lowest BCUT2D eigenvalue weighted by molar-refractivity contribution is -0.103. The predicted molar refractivity (Wildman–Crippen MR) is 97.5 cm³/mol. The second-order valence-electron chi connectivity index (χ2n) is 8.42. The highest BCUT2D eigenvalue weighted by Gasteiger charge is 2.53. The second-order valence-corrected chi connectivity index (χ2v) is 8.42. The van der Waals surface area contributed by atoms with Crippen molar-refractivity contribution in [2.45, 2.75) is 76.4 Å². The molecule has 1 amide bonds. The van der Waals surface area contributed by atoms with Crippen LogP contribution in [0.3, 0.4) is 0 Å². The number of nitrogens with zero attached hydrogens (tertiary/aromatic N) is 2. The zero-order valence-electron chi connectivity index (χ0n) is 16.0. The van der Waals surface area contributed by atoms with Crippen LogP contribution in [0.1, 0.15) is 39.2 Å². The van der Waals surface area contributed by atoms with Gasteiger partial charge in [0.1, 0.15) is 11.7 Å². The minimum Gasteiger partial charge on any atom is -0.444 e. The summed E-state index contributed by atoms with van der Waals surface area (Å²) in [5, 5.41) is 10.3. The van der Waals surface area contributed by atoms with Crippen LogP contribution in [0.5, 0.6) is 0 Å². The lowest BCUT2D eigenvalue weighted by atomic mass is 9.96. The maximum Gasteiger partial charge on any atom is 0.410 e. The third-order valence-corrected chi connectivity index (χ3v) is 5.25. The van der Waals surface area contributed by atoms with E-state index in [9.17, 15) is 18.7 Å². The Hall–Kier alpha value is -1.73. The van der Waals surface area contributed by atoms with Gasteiger partial charge in [0.15, 0.2) is 0 Å². The van der Waals surface area contributed by atoms with Crippen molar-refractivity contribution in [3.63, 3.8) is 0 Å². The number of rotatable bonds is 4. The van der Waals surface area contributed by atoms with Gasteiger partial charge in [0.2, 0.25) is 0 Å². The number of amides is 1. The first-order valence-corrected chi connectivity index (χ1v) is 9.43. The van der Waals surface area contributed by atoms with E-state index in [1.165, 1.54) is 0 Å². The Morgan fingerprint density at radius 1 is 1.26 bits per heavy atom. The van der Waals surface area contributed by atoms with Crippen LogP contribution in [-0.2, 0) is 11.3 Å². The summed E-state index contributed by atoms with van der Waals surface area (Å²) in [7, 11) is 0. The molecule has 2 aliphatic heterocycles. The quantitative estimate of drug-likeness (QED) is 0.869. The average molecular weight is 382 g/mol. The normalized spacial score (nSPS) is 27.1. The molecule has 27 heavy (non-hydrogen) atoms. The van der Waals surface area contributed by atoms with E-state index >= 15 is 0 Å². The van der Waals surface area contributed by atoms with Crippen LogP contribution in [0.4, 0.5) is 13.6 Å². The monoisotopic (exact) mass is 382 g/mol. The fraction of sp³-hybridized carbons (Fsp3) is 0.650. The lowest BCUT2D eigenvalue weighted by Gasteiger charge is -2.48. The summed E-state index contributed by atoms with van der Waals surface area (Å²) in [5.41, 5.74) is 0.336. The molecule has 1 aromatic rings. The highest BCUT2D eigenvalue weighted by Crippen LogP contribution is 2.38. The number of carbonyl (C=O) groups excluding carboxylic acids is 1. The van der Waals surface area contributed by atoms with Crippen molar-refractivity contribution in [1.82, 2.24) is 9.80 Å². The number of piperazine rings is 1. The number of hydrogen-bond acceptors (Lipinski definition) is 4. The van der Waals surface area contributed by atoms with Crippen LogP contribution in [-0.4, -0.2) is 63.8 Å². The maximum absolute atomic E-state index is 13.4. The number of alkyl halides is 2. The standard InChI is InChI=1S/C20H28F2N2O3/c1-20(2,3)27-19(26)24-14-9-10-15(24)16(17(25)18(21)22)23(12-14)11-13-7-5-4-6-8-13/h4-8,14-18,25H,9-12H2,1-3H3/t14-,15+,16+,17+/m1/s1. The Morgan fingerprint density at radius 3 is 2.52 bits per heavy atom. The third kappa shape index (κ3) is 4.41. The summed E-state index contributed by atoms with van der Waals surface area (Å²) in [6.45, 7) is 6.25. The van der Waals surface area contributed by atoms with E-state index in [-0.39, 0.29) is 6.04 Å². The van der Waals surface area contributed by atoms with E-state index in [0.29, 0.717) is 19.5 Å². The number of carbonyl (C=O) groups is 1. The first kappa shape index (κ1) is 20.0. The number of hydrogen-bond donors (Lipinski definition) is 1. The Morgan fingerprint density at radius 2 is 1.93 bits per heavy atom. The Bertz CT molecular complexity index is 650. The van der Waals surface area contributed by atoms with Crippen molar-refractivity contribution in [2.75, 3.05) is 6.54 Å². The Labute approximate surface area is 158 Å². The topological polar surface area (TPSA) is 53.0 Å². The molecule has 3 rings (SSSR count). The minimum atomic E-state index is -2.87. The van der Waals surface area contributed by atoms with Gasteiger partial charge in [-0.25, -0.2) is 13.6 Å². The molecule has 150 valence electrons. The molecular formula is C20H28F2N2O3. The molecule has 0 aromatic heterocycles. The number of halogens is 2. The first-order valence-electron chi connectivity index (χ1n) is 9.43. The Kier molecular flexibility index (Phi) is 5.72. The molecule has 2 aliphatic rings. The number of likely N-dealkylation sites (tertiary alicyclic amines) is 1. The van der Waals surface area contributed by atoms with E-state index < -0.39 is 36.3 Å². The molecule has 2 saturated heterocycles. The van der Waals surface area contributed by atoms with E-state index in [0.717, 1.165) is 12.0 Å². The fourth-order valence-corrected chi connectivity index (χ4v) is 4.24. The Balaban J connectivity index is 1.85. The van der Waals surface area contributed by atoms with Gasteiger partial charge < -0.3 is 9.84 Å². The van der Waals surface area contributed by atoms with E-state index in [2.05, 4.69) is 0 Å². The average Bonchev–Trinajstić information content (AvgIpc) is 2.89. The van der Waals surface area contributed by atoms with Crippen molar-refractivity contribution < 1.29 is 23.4 Å². The van der Waals surface area contributed by atoms with E-state index in [1.54, 1.807) is 25.7 Å². The highest BCUT2D eigenvalue weighted by molar-refractivity contribution is 5.70. The van der Waals surface area contributed by atoms with Gasteiger partial charge in [0.25, 0.3) is 6.43 Å². The van der Waals surface area contributed by atoms with Crippen LogP contribution in [0, 0.1) is 0 Å². The highest BCUT2D eigenvalue weighted by atomic mass is 19.3. The van der Waals surface area contributed by atoms with Gasteiger partial charge in [-0.15, -0.1) is 0 Å². The van der Waals surface area contributed by atoms with E-state index in [1.807, 2.05) is 35.2 Å². The lowest BCUT2D eigenvalue weighted by Crippen LogP contribution is -2.65. The van der Waals surface area contributed by atoms with Crippen LogP contribution in [0.15, 0.2) is 30.3 Å². The van der Waals surface area contributed by atoms with Gasteiger partial charge in [0.05, 0.1) is 12.1 Å². The van der Waals surface area contributed by atoms with Crippen molar-refractivity contribution in [3.8, 4) is 0 Å². The van der Waals surface area contributed by atoms with Crippen molar-refractivity contribution in [2.24, 2.45) is 0 Å². The van der Waals surface area contributed by atoms with Gasteiger partial charge in [-0.05, 0) is 39.2 Å². The maximum atomic E-state index is 13.4. The SMILES string of the molecule is CC(C)(C)OC(=O)N1[C@@H]2CC[C@H]1[C@@H]([C@H](O)C(F)F)N(Cc1ccccc1)C2. The van der Waals surface area contributed by atoms with Crippen molar-refractivity contribution in [1.29, 1.82) is 0 Å². The summed E-state index contributed by atoms with van der Waals surface area (Å²) < 4.78 is 32.4. The van der Waals surface area contributed by atoms with Crippen molar-refractivity contribution >= 4 is 6.09 Å². The molecule has 2 heterocycles. The minimum absolute atomic E-state index is 0.0883. The molecule has 1 aromatic carbocycles. The third-order valence-electron chi connectivity index (χ3n) is 5.25. The van der Waals surface area contributed by atoms with E-state index in [4.69, 9.17) is 4.74 Å². The molecule has 2 fully saturated rings. The molecule has 0 saturated carbocycles. The largest absolute Gasteiger partial charge is 0.444 e. The summed E-state index contributed by atoms with van der Waals surface area (Å²) in [4.78, 5) is 16.2. The summed E-state index contributed by atoms with van der Waals surface area (Å²) in [6, 6.07) is 8.19. The summed E-state index contributed by atoms with van der Waals surface area (Å²) in [6.07, 6.45) is -3.86. The molecule has 1 N–H and O–H groups in total. The van der Waals surface area contributed by atoms with Crippen LogP contribution in [0.2, 0.25) is 0 Å². The first-order chi connectivity index (χ1) is 12.7. The zero-order valence-corrected chi connectivity index (χ0v) is 16.0. The second kappa shape index (κ2) is 7.72. The predicted octanol–water partition coefficient (Wildman–Crippen LogP) is 3.26. The van der Waals surface area contributed by atoms with Crippen LogP contribution >= 0.6 is 0 Å². The van der Waals surface area contributed by atoms with Crippen molar-refractivity contribution in [3.05, 3.63) is 35.9 Å². The van der Waals surface area contributed by atoms with Gasteiger partial charge in [-0.2, -0.15) is 0 Å². The fourth-order valence-electron chi connectivity index (χ4n) is 4.24.